The van der Waals surface area contributed by atoms with E-state index in [0.29, 0.717) is 16.9 Å². The number of aryl methyl sites for hydroxylation is 2. The van der Waals surface area contributed by atoms with Gasteiger partial charge in [0.2, 0.25) is 6.04 Å². The first-order valence-corrected chi connectivity index (χ1v) is 11.3. The average molecular weight is 476 g/mol. The van der Waals surface area contributed by atoms with Gasteiger partial charge in [-0.15, -0.1) is 0 Å². The number of carbonyl (C=O) groups is 1. The van der Waals surface area contributed by atoms with Crippen LogP contribution in [0.4, 0.5) is 15.8 Å². The molecule has 1 atom stereocenters. The van der Waals surface area contributed by atoms with Crippen molar-refractivity contribution in [3.05, 3.63) is 111 Å². The molecule has 1 aliphatic heterocycles. The second-order valence-electron chi connectivity index (χ2n) is 8.30. The predicted molar refractivity (Wildman–Crippen MR) is 133 cm³/mol. The van der Waals surface area contributed by atoms with Crippen molar-refractivity contribution in [1.82, 2.24) is 0 Å². The van der Waals surface area contributed by atoms with Gasteiger partial charge in [-0.1, -0.05) is 36.4 Å². The number of ether oxygens (including phenoxy) is 1. The molecule has 1 unspecified atom stereocenters. The standard InChI is InChI=1S/C27H26FN3O4/c1-4-35-27(32)26-25(31(33)34)24(20-8-6-5-7-9-20)29(22-14-11-21(28)12-15-22)17-30(26)23-13-10-18(2)19(3)16-23/h5-16,26H,4,17H2,1-3H3. The highest BCUT2D eigenvalue weighted by atomic mass is 19.1. The Morgan fingerprint density at radius 2 is 1.69 bits per heavy atom. The third kappa shape index (κ3) is 4.73. The molecule has 1 aliphatic rings. The fourth-order valence-electron chi connectivity index (χ4n) is 4.23. The van der Waals surface area contributed by atoms with Crippen molar-refractivity contribution in [2.75, 3.05) is 23.1 Å². The Labute approximate surface area is 203 Å². The molecule has 0 aromatic heterocycles. The largest absolute Gasteiger partial charge is 0.464 e. The van der Waals surface area contributed by atoms with Crippen LogP contribution in [0.15, 0.2) is 78.5 Å². The van der Waals surface area contributed by atoms with E-state index in [1.807, 2.05) is 38.1 Å². The lowest BCUT2D eigenvalue weighted by molar-refractivity contribution is -0.428. The second kappa shape index (κ2) is 9.97. The molecule has 0 spiro atoms. The summed E-state index contributed by atoms with van der Waals surface area (Å²) in [6.45, 7) is 5.78. The van der Waals surface area contributed by atoms with Gasteiger partial charge in [0.15, 0.2) is 0 Å². The normalized spacial score (nSPS) is 15.8. The summed E-state index contributed by atoms with van der Waals surface area (Å²) in [5.74, 6) is -1.12. The zero-order valence-electron chi connectivity index (χ0n) is 19.8. The maximum absolute atomic E-state index is 13.7. The number of carbonyl (C=O) groups excluding carboxylic acids is 1. The van der Waals surface area contributed by atoms with Crippen LogP contribution < -0.4 is 9.80 Å². The highest BCUT2D eigenvalue weighted by Gasteiger charge is 2.47. The Morgan fingerprint density at radius 1 is 1.03 bits per heavy atom. The highest BCUT2D eigenvalue weighted by Crippen LogP contribution is 2.38. The Kier molecular flexibility index (Phi) is 6.82. The topological polar surface area (TPSA) is 75.9 Å². The van der Waals surface area contributed by atoms with Gasteiger partial charge in [-0.25, -0.2) is 9.18 Å². The first-order valence-electron chi connectivity index (χ1n) is 11.3. The molecule has 0 saturated heterocycles. The lowest BCUT2D eigenvalue weighted by Crippen LogP contribution is -2.55. The first kappa shape index (κ1) is 23.9. The van der Waals surface area contributed by atoms with Gasteiger partial charge in [0.05, 0.1) is 18.2 Å². The molecule has 0 bridgehead atoms. The van der Waals surface area contributed by atoms with Crippen molar-refractivity contribution >= 4 is 23.0 Å². The minimum atomic E-state index is -1.28. The summed E-state index contributed by atoms with van der Waals surface area (Å²) in [6, 6.07) is 19.0. The van der Waals surface area contributed by atoms with E-state index in [1.54, 1.807) is 53.1 Å². The van der Waals surface area contributed by atoms with E-state index in [9.17, 15) is 19.3 Å². The van der Waals surface area contributed by atoms with Crippen LogP contribution in [0.1, 0.15) is 23.6 Å². The number of anilines is 2. The quantitative estimate of drug-likeness (QED) is 0.273. The highest BCUT2D eigenvalue weighted by molar-refractivity contribution is 5.92. The molecular weight excluding hydrogens is 449 g/mol. The Morgan fingerprint density at radius 3 is 2.29 bits per heavy atom. The molecule has 0 radical (unpaired) electrons. The van der Waals surface area contributed by atoms with Crippen molar-refractivity contribution in [2.24, 2.45) is 0 Å². The summed E-state index contributed by atoms with van der Waals surface area (Å²) >= 11 is 0. The molecule has 0 amide bonds. The van der Waals surface area contributed by atoms with Gasteiger partial charge in [-0.2, -0.15) is 0 Å². The van der Waals surface area contributed by atoms with E-state index in [2.05, 4.69) is 0 Å². The summed E-state index contributed by atoms with van der Waals surface area (Å²) in [6.07, 6.45) is 0. The summed E-state index contributed by atoms with van der Waals surface area (Å²) in [5, 5.41) is 12.6. The lowest BCUT2D eigenvalue weighted by Gasteiger charge is -2.42. The van der Waals surface area contributed by atoms with Gasteiger partial charge < -0.3 is 14.5 Å². The molecule has 0 aliphatic carbocycles. The van der Waals surface area contributed by atoms with E-state index in [0.717, 1.165) is 11.1 Å². The zero-order valence-corrected chi connectivity index (χ0v) is 19.8. The number of nitrogens with zero attached hydrogens (tertiary/aromatic N) is 3. The summed E-state index contributed by atoms with van der Waals surface area (Å²) in [4.78, 5) is 28.7. The SMILES string of the molecule is CCOC(=O)C1C([N+](=O)[O-])=C(c2ccccc2)N(c2ccc(F)cc2)CN1c1ccc(C)c(C)c1. The molecule has 4 rings (SSSR count). The molecule has 0 fully saturated rings. The number of rotatable bonds is 6. The van der Waals surface area contributed by atoms with Gasteiger partial charge in [0.1, 0.15) is 11.5 Å². The predicted octanol–water partition coefficient (Wildman–Crippen LogP) is 5.30. The summed E-state index contributed by atoms with van der Waals surface area (Å²) in [7, 11) is 0. The van der Waals surface area contributed by atoms with Crippen molar-refractivity contribution in [3.63, 3.8) is 0 Å². The fourth-order valence-corrected chi connectivity index (χ4v) is 4.23. The molecule has 1 heterocycles. The molecule has 0 N–H and O–H groups in total. The number of halogens is 1. The smallest absolute Gasteiger partial charge is 0.340 e. The molecule has 7 nitrogen and oxygen atoms in total. The van der Waals surface area contributed by atoms with Gasteiger partial charge >= 0.3 is 11.7 Å². The minimum absolute atomic E-state index is 0.0867. The number of esters is 1. The van der Waals surface area contributed by atoms with E-state index in [1.165, 1.54) is 12.1 Å². The van der Waals surface area contributed by atoms with Gasteiger partial charge in [-0.3, -0.25) is 10.1 Å². The summed E-state index contributed by atoms with van der Waals surface area (Å²) in [5.41, 5.74) is 3.77. The Bertz CT molecular complexity index is 1280. The minimum Gasteiger partial charge on any atom is -0.464 e. The third-order valence-electron chi connectivity index (χ3n) is 6.09. The van der Waals surface area contributed by atoms with Crippen LogP contribution in [-0.4, -0.2) is 30.2 Å². The molecule has 0 saturated carbocycles. The van der Waals surface area contributed by atoms with Crippen LogP contribution in [0, 0.1) is 29.8 Å². The molecular formula is C27H26FN3O4. The van der Waals surface area contributed by atoms with Crippen molar-refractivity contribution in [3.8, 4) is 0 Å². The maximum Gasteiger partial charge on any atom is 0.340 e. The van der Waals surface area contributed by atoms with Crippen LogP contribution >= 0.6 is 0 Å². The van der Waals surface area contributed by atoms with Crippen molar-refractivity contribution in [1.29, 1.82) is 0 Å². The average Bonchev–Trinajstić information content (AvgIpc) is 2.85. The van der Waals surface area contributed by atoms with Crippen LogP contribution in [0.3, 0.4) is 0 Å². The Balaban J connectivity index is 2.01. The molecule has 8 heteroatoms. The number of hydrogen-bond acceptors (Lipinski definition) is 6. The molecule has 180 valence electrons. The van der Waals surface area contributed by atoms with E-state index in [4.69, 9.17) is 4.74 Å². The zero-order chi connectivity index (χ0) is 25.1. The maximum atomic E-state index is 13.7. The Hall–Kier alpha value is -4.20. The van der Waals surface area contributed by atoms with Gasteiger partial charge in [-0.05, 0) is 68.3 Å². The first-order chi connectivity index (χ1) is 16.8. The number of hydrogen-bond donors (Lipinski definition) is 0. The van der Waals surface area contributed by atoms with Crippen molar-refractivity contribution < 1.29 is 18.8 Å². The van der Waals surface area contributed by atoms with Crippen LogP contribution in [0.5, 0.6) is 0 Å². The third-order valence-corrected chi connectivity index (χ3v) is 6.09. The van der Waals surface area contributed by atoms with Crippen LogP contribution in [0.2, 0.25) is 0 Å². The van der Waals surface area contributed by atoms with E-state index in [-0.39, 0.29) is 24.7 Å². The molecule has 35 heavy (non-hydrogen) atoms. The van der Waals surface area contributed by atoms with Crippen LogP contribution in [-0.2, 0) is 9.53 Å². The lowest BCUT2D eigenvalue weighted by atomic mass is 9.99. The second-order valence-corrected chi connectivity index (χ2v) is 8.30. The monoisotopic (exact) mass is 475 g/mol. The van der Waals surface area contributed by atoms with E-state index < -0.39 is 22.8 Å². The van der Waals surface area contributed by atoms with Gasteiger partial charge in [0.25, 0.3) is 0 Å². The number of benzene rings is 3. The summed E-state index contributed by atoms with van der Waals surface area (Å²) < 4.78 is 19.1. The molecule has 3 aromatic rings. The molecule has 3 aromatic carbocycles. The fraction of sp³-hybridized carbons (Fsp3) is 0.222. The van der Waals surface area contributed by atoms with Gasteiger partial charge in [0, 0.05) is 16.9 Å². The van der Waals surface area contributed by atoms with Crippen molar-refractivity contribution in [2.45, 2.75) is 26.8 Å². The van der Waals surface area contributed by atoms with Crippen LogP contribution in [0.25, 0.3) is 5.70 Å². The van der Waals surface area contributed by atoms with E-state index >= 15 is 0 Å². The number of nitro groups is 1.